The Bertz CT molecular complexity index is 447. The molecule has 0 saturated carbocycles. The van der Waals surface area contributed by atoms with Gasteiger partial charge in [0.15, 0.2) is 0 Å². The third-order valence-corrected chi connectivity index (χ3v) is 2.60. The summed E-state index contributed by atoms with van der Waals surface area (Å²) in [5.41, 5.74) is 0. The van der Waals surface area contributed by atoms with Gasteiger partial charge in [-0.05, 0) is 23.9 Å². The number of H-pyrrole nitrogens is 1. The van der Waals surface area contributed by atoms with Crippen LogP contribution in [0.15, 0.2) is 0 Å². The van der Waals surface area contributed by atoms with Crippen LogP contribution in [0.25, 0.3) is 0 Å². The van der Waals surface area contributed by atoms with E-state index < -0.39 is 12.0 Å². The van der Waals surface area contributed by atoms with Gasteiger partial charge in [-0.2, -0.15) is 0 Å². The fraction of sp³-hybridized carbons (Fsp3) is 0.636. The third kappa shape index (κ3) is 5.69. The number of carbonyl (C=O) groups is 2. The molecule has 0 spiro atoms. The summed E-state index contributed by atoms with van der Waals surface area (Å²) in [5, 5.41) is 17.8. The minimum absolute atomic E-state index is 0.0960. The molecule has 0 bridgehead atoms. The summed E-state index contributed by atoms with van der Waals surface area (Å²) in [4.78, 5) is 26.5. The SMILES string of the molecule is CC(C)C[C@H](NC(=O)CCc1nc(Cl)n[nH]1)C(=O)O. The molecule has 7 nitrogen and oxygen atoms in total. The molecule has 0 aliphatic rings. The molecule has 1 rings (SSSR count). The maximum Gasteiger partial charge on any atom is 0.326 e. The normalized spacial score (nSPS) is 12.4. The van der Waals surface area contributed by atoms with E-state index in [4.69, 9.17) is 16.7 Å². The number of hydrogen-bond acceptors (Lipinski definition) is 4. The number of nitrogens with zero attached hydrogens (tertiary/aromatic N) is 2. The van der Waals surface area contributed by atoms with Gasteiger partial charge in [-0.25, -0.2) is 9.78 Å². The fourth-order valence-corrected chi connectivity index (χ4v) is 1.72. The molecule has 1 amide bonds. The van der Waals surface area contributed by atoms with Gasteiger partial charge in [0.05, 0.1) is 0 Å². The number of aliphatic carboxylic acids is 1. The van der Waals surface area contributed by atoms with E-state index in [1.165, 1.54) is 0 Å². The molecular weight excluding hydrogens is 272 g/mol. The molecule has 0 aromatic carbocycles. The Morgan fingerprint density at radius 1 is 1.47 bits per heavy atom. The Hall–Kier alpha value is -1.63. The van der Waals surface area contributed by atoms with Crippen molar-refractivity contribution < 1.29 is 14.7 Å². The molecule has 106 valence electrons. The van der Waals surface area contributed by atoms with Crippen molar-refractivity contribution in [1.29, 1.82) is 0 Å². The number of carboxylic acids is 1. The number of nitrogens with one attached hydrogen (secondary N) is 2. The summed E-state index contributed by atoms with van der Waals surface area (Å²) in [5.74, 6) is -0.671. The molecule has 8 heteroatoms. The highest BCUT2D eigenvalue weighted by Gasteiger charge is 2.20. The average molecular weight is 289 g/mol. The van der Waals surface area contributed by atoms with Gasteiger partial charge in [-0.3, -0.25) is 9.89 Å². The lowest BCUT2D eigenvalue weighted by molar-refractivity contribution is -0.142. The highest BCUT2D eigenvalue weighted by atomic mass is 35.5. The molecule has 0 aliphatic carbocycles. The lowest BCUT2D eigenvalue weighted by Crippen LogP contribution is -2.41. The van der Waals surface area contributed by atoms with Crippen molar-refractivity contribution in [2.24, 2.45) is 5.92 Å². The van der Waals surface area contributed by atoms with Crippen LogP contribution in [0, 0.1) is 5.92 Å². The van der Waals surface area contributed by atoms with E-state index in [1.54, 1.807) is 0 Å². The van der Waals surface area contributed by atoms with Crippen molar-refractivity contribution in [1.82, 2.24) is 20.5 Å². The van der Waals surface area contributed by atoms with Crippen molar-refractivity contribution in [3.8, 4) is 0 Å². The van der Waals surface area contributed by atoms with Gasteiger partial charge in [0.1, 0.15) is 11.9 Å². The van der Waals surface area contributed by atoms with E-state index in [0.29, 0.717) is 18.7 Å². The number of aryl methyl sites for hydroxylation is 1. The standard InChI is InChI=1S/C11H17ClN4O3/c1-6(2)5-7(10(18)19)13-9(17)4-3-8-14-11(12)16-15-8/h6-7H,3-5H2,1-2H3,(H,13,17)(H,18,19)(H,14,15,16)/t7-/m0/s1. The summed E-state index contributed by atoms with van der Waals surface area (Å²) in [6.45, 7) is 3.80. The summed E-state index contributed by atoms with van der Waals surface area (Å²) < 4.78 is 0. The Balaban J connectivity index is 2.42. The van der Waals surface area contributed by atoms with Crippen LogP contribution < -0.4 is 5.32 Å². The highest BCUT2D eigenvalue weighted by molar-refractivity contribution is 6.28. The third-order valence-electron chi connectivity index (χ3n) is 2.43. The number of hydrogen-bond donors (Lipinski definition) is 3. The molecule has 19 heavy (non-hydrogen) atoms. The molecule has 3 N–H and O–H groups in total. The van der Waals surface area contributed by atoms with Crippen LogP contribution in [0.2, 0.25) is 5.28 Å². The maximum atomic E-state index is 11.7. The molecular formula is C11H17ClN4O3. The molecule has 1 aromatic heterocycles. The van der Waals surface area contributed by atoms with Crippen LogP contribution in [0.4, 0.5) is 0 Å². The predicted molar refractivity (Wildman–Crippen MR) is 68.7 cm³/mol. The van der Waals surface area contributed by atoms with Crippen molar-refractivity contribution in [3.63, 3.8) is 0 Å². The Labute approximate surface area is 115 Å². The summed E-state index contributed by atoms with van der Waals surface area (Å²) in [6.07, 6.45) is 0.863. The number of halogens is 1. The van der Waals surface area contributed by atoms with Gasteiger partial charge in [0.2, 0.25) is 11.2 Å². The Morgan fingerprint density at radius 3 is 2.63 bits per heavy atom. The molecule has 0 aliphatic heterocycles. The molecule has 0 unspecified atom stereocenters. The average Bonchev–Trinajstić information content (AvgIpc) is 2.71. The molecule has 1 heterocycles. The van der Waals surface area contributed by atoms with Gasteiger partial charge in [-0.1, -0.05) is 13.8 Å². The smallest absolute Gasteiger partial charge is 0.326 e. The highest BCUT2D eigenvalue weighted by Crippen LogP contribution is 2.06. The van der Waals surface area contributed by atoms with Gasteiger partial charge in [0, 0.05) is 12.8 Å². The van der Waals surface area contributed by atoms with E-state index in [9.17, 15) is 9.59 Å². The van der Waals surface area contributed by atoms with Crippen LogP contribution in [0.1, 0.15) is 32.5 Å². The first-order chi connectivity index (χ1) is 8.88. The lowest BCUT2D eigenvalue weighted by Gasteiger charge is -2.16. The van der Waals surface area contributed by atoms with E-state index in [2.05, 4.69) is 20.5 Å². The summed E-state index contributed by atoms with van der Waals surface area (Å²) in [6, 6.07) is -0.856. The minimum atomic E-state index is -1.02. The van der Waals surface area contributed by atoms with Crippen LogP contribution in [0.5, 0.6) is 0 Å². The molecule has 1 aromatic rings. The second-order valence-corrected chi connectivity index (χ2v) is 4.98. The number of carbonyl (C=O) groups excluding carboxylic acids is 1. The largest absolute Gasteiger partial charge is 0.480 e. The minimum Gasteiger partial charge on any atom is -0.480 e. The summed E-state index contributed by atoms with van der Waals surface area (Å²) in [7, 11) is 0. The zero-order valence-electron chi connectivity index (χ0n) is 10.8. The molecule has 0 radical (unpaired) electrons. The number of rotatable bonds is 7. The summed E-state index contributed by atoms with van der Waals surface area (Å²) >= 11 is 5.53. The zero-order valence-corrected chi connectivity index (χ0v) is 11.6. The van der Waals surface area contributed by atoms with Gasteiger partial charge in [-0.15, -0.1) is 5.10 Å². The Kier molecular flexibility index (Phi) is 5.75. The van der Waals surface area contributed by atoms with Crippen LogP contribution in [-0.4, -0.2) is 38.2 Å². The zero-order chi connectivity index (χ0) is 14.4. The quantitative estimate of drug-likeness (QED) is 0.694. The van der Waals surface area contributed by atoms with E-state index in [1.807, 2.05) is 13.8 Å². The topological polar surface area (TPSA) is 108 Å². The van der Waals surface area contributed by atoms with Gasteiger partial charge in [0.25, 0.3) is 0 Å². The second-order valence-electron chi connectivity index (χ2n) is 4.64. The van der Waals surface area contributed by atoms with Gasteiger partial charge < -0.3 is 10.4 Å². The maximum absolute atomic E-state index is 11.7. The van der Waals surface area contributed by atoms with Gasteiger partial charge >= 0.3 is 5.97 Å². The number of carboxylic acid groups (broad SMARTS) is 1. The number of aromatic amines is 1. The van der Waals surface area contributed by atoms with Crippen molar-refractivity contribution >= 4 is 23.5 Å². The monoisotopic (exact) mass is 288 g/mol. The molecule has 0 saturated heterocycles. The van der Waals surface area contributed by atoms with E-state index >= 15 is 0 Å². The van der Waals surface area contributed by atoms with Crippen LogP contribution >= 0.6 is 11.6 Å². The Morgan fingerprint density at radius 2 is 2.16 bits per heavy atom. The number of aromatic nitrogens is 3. The van der Waals surface area contributed by atoms with Crippen molar-refractivity contribution in [2.75, 3.05) is 0 Å². The van der Waals surface area contributed by atoms with E-state index in [-0.39, 0.29) is 23.5 Å². The number of amides is 1. The fourth-order valence-electron chi connectivity index (χ4n) is 1.58. The van der Waals surface area contributed by atoms with Crippen LogP contribution in [-0.2, 0) is 16.0 Å². The lowest BCUT2D eigenvalue weighted by atomic mass is 10.0. The first-order valence-electron chi connectivity index (χ1n) is 5.97. The van der Waals surface area contributed by atoms with E-state index in [0.717, 1.165) is 0 Å². The molecule has 0 fully saturated rings. The molecule has 1 atom stereocenters. The first kappa shape index (κ1) is 15.4. The predicted octanol–water partition coefficient (Wildman–Crippen LogP) is 1.01. The van der Waals surface area contributed by atoms with Crippen LogP contribution in [0.3, 0.4) is 0 Å². The van der Waals surface area contributed by atoms with Crippen molar-refractivity contribution in [3.05, 3.63) is 11.1 Å². The first-order valence-corrected chi connectivity index (χ1v) is 6.35. The van der Waals surface area contributed by atoms with Crippen molar-refractivity contribution in [2.45, 2.75) is 39.2 Å². The second kappa shape index (κ2) is 7.08.